The summed E-state index contributed by atoms with van der Waals surface area (Å²) >= 11 is 0. The van der Waals surface area contributed by atoms with Gasteiger partial charge in [-0.1, -0.05) is 36.4 Å². The van der Waals surface area contributed by atoms with Gasteiger partial charge in [0.2, 0.25) is 11.8 Å². The molecule has 3 heterocycles. The largest absolute Gasteiger partial charge is 0.337 e. The first kappa shape index (κ1) is 21.7. The van der Waals surface area contributed by atoms with E-state index in [9.17, 15) is 14.4 Å². The Kier molecular flexibility index (Phi) is 6.58. The lowest BCUT2D eigenvalue weighted by molar-refractivity contribution is -0.132. The smallest absolute Gasteiger partial charge is 0.270 e. The number of rotatable bonds is 5. The van der Waals surface area contributed by atoms with Crippen molar-refractivity contribution in [2.75, 3.05) is 18.4 Å². The number of likely N-dealkylation sites (tertiary alicyclic amines) is 1. The lowest BCUT2D eigenvalue weighted by Crippen LogP contribution is -2.47. The van der Waals surface area contributed by atoms with Crippen LogP contribution in [0.1, 0.15) is 36.9 Å². The van der Waals surface area contributed by atoms with Gasteiger partial charge < -0.3 is 10.2 Å². The summed E-state index contributed by atoms with van der Waals surface area (Å²) in [6, 6.07) is 15.1. The molecule has 0 bridgehead atoms. The van der Waals surface area contributed by atoms with Gasteiger partial charge in [0.25, 0.3) is 5.91 Å². The summed E-state index contributed by atoms with van der Waals surface area (Å²) in [6.07, 6.45) is 2.04. The molecular formula is C24H27N5O3. The molecule has 1 N–H and O–H groups in total. The number of carbonyl (C=O) groups excluding carboxylic acids is 3. The number of piperidine rings is 1. The Morgan fingerprint density at radius 1 is 1.09 bits per heavy atom. The van der Waals surface area contributed by atoms with Crippen molar-refractivity contribution in [2.24, 2.45) is 11.0 Å². The van der Waals surface area contributed by atoms with Gasteiger partial charge in [0.1, 0.15) is 11.5 Å². The fraction of sp³-hybridized carbons (Fsp3) is 0.375. The molecule has 4 rings (SSSR count). The van der Waals surface area contributed by atoms with Gasteiger partial charge in [-0.2, -0.15) is 5.10 Å². The number of nitrogens with one attached hydrogen (secondary N) is 1. The van der Waals surface area contributed by atoms with Crippen LogP contribution in [0.15, 0.2) is 53.6 Å². The van der Waals surface area contributed by atoms with Gasteiger partial charge in [-0.25, -0.2) is 9.99 Å². The summed E-state index contributed by atoms with van der Waals surface area (Å²) in [5, 5.41) is 8.62. The van der Waals surface area contributed by atoms with Gasteiger partial charge in [0.05, 0.1) is 12.5 Å². The number of benzene rings is 1. The highest BCUT2D eigenvalue weighted by Gasteiger charge is 2.32. The maximum Gasteiger partial charge on any atom is 0.270 e. The van der Waals surface area contributed by atoms with Crippen molar-refractivity contribution in [3.05, 3.63) is 59.8 Å². The fourth-order valence-corrected chi connectivity index (χ4v) is 4.03. The first-order valence-corrected chi connectivity index (χ1v) is 10.9. The molecule has 2 aliphatic rings. The predicted octanol–water partition coefficient (Wildman–Crippen LogP) is 2.75. The van der Waals surface area contributed by atoms with Crippen LogP contribution in [0.25, 0.3) is 0 Å². The molecule has 8 heteroatoms. The van der Waals surface area contributed by atoms with E-state index in [4.69, 9.17) is 0 Å². The number of carbonyl (C=O) groups is 3. The minimum absolute atomic E-state index is 0.0908. The minimum atomic E-state index is -0.304. The van der Waals surface area contributed by atoms with Gasteiger partial charge in [-0.05, 0) is 37.5 Å². The Hall–Kier alpha value is -3.55. The lowest BCUT2D eigenvalue weighted by Gasteiger charge is -2.33. The standard InChI is InChI=1S/C24H27N5O3/c1-17-7-5-11-21(25-17)26-23(31)19-10-6-14-28(16-19)24(32)20-12-13-22(30)29(27-20)15-18-8-3-2-4-9-18/h2-5,7-9,11,19H,6,10,12-16H2,1H3,(H,25,26,31). The molecular weight excluding hydrogens is 406 g/mol. The number of aromatic nitrogens is 1. The van der Waals surface area contributed by atoms with Crippen molar-refractivity contribution in [1.82, 2.24) is 14.9 Å². The van der Waals surface area contributed by atoms with Gasteiger partial charge in [-0.3, -0.25) is 14.4 Å². The zero-order valence-electron chi connectivity index (χ0n) is 18.2. The molecule has 166 valence electrons. The molecule has 1 atom stereocenters. The molecule has 1 aromatic carbocycles. The van der Waals surface area contributed by atoms with Crippen LogP contribution in [0.4, 0.5) is 5.82 Å². The molecule has 1 fully saturated rings. The Balaban J connectivity index is 1.41. The highest BCUT2D eigenvalue weighted by Crippen LogP contribution is 2.21. The number of anilines is 1. The number of nitrogens with zero attached hydrogens (tertiary/aromatic N) is 4. The average Bonchev–Trinajstić information content (AvgIpc) is 2.81. The molecule has 0 aliphatic carbocycles. The average molecular weight is 434 g/mol. The zero-order chi connectivity index (χ0) is 22.5. The van der Waals surface area contributed by atoms with E-state index in [-0.39, 0.29) is 30.1 Å². The molecule has 2 aliphatic heterocycles. The van der Waals surface area contributed by atoms with Gasteiger partial charge in [-0.15, -0.1) is 0 Å². The van der Waals surface area contributed by atoms with Crippen LogP contribution in [0.5, 0.6) is 0 Å². The van der Waals surface area contributed by atoms with Crippen molar-refractivity contribution >= 4 is 29.3 Å². The highest BCUT2D eigenvalue weighted by atomic mass is 16.2. The molecule has 0 saturated carbocycles. The van der Waals surface area contributed by atoms with Crippen molar-refractivity contribution in [2.45, 2.75) is 39.2 Å². The van der Waals surface area contributed by atoms with E-state index < -0.39 is 0 Å². The Bertz CT molecular complexity index is 1040. The third-order valence-electron chi connectivity index (χ3n) is 5.75. The molecule has 1 unspecified atom stereocenters. The van der Waals surface area contributed by atoms with E-state index in [1.807, 2.05) is 49.4 Å². The summed E-state index contributed by atoms with van der Waals surface area (Å²) in [5.41, 5.74) is 2.16. The van der Waals surface area contributed by atoms with Crippen molar-refractivity contribution in [1.29, 1.82) is 0 Å². The number of amides is 3. The molecule has 0 spiro atoms. The number of hydrogen-bond acceptors (Lipinski definition) is 5. The maximum absolute atomic E-state index is 13.1. The van der Waals surface area contributed by atoms with Crippen LogP contribution in [0.3, 0.4) is 0 Å². The molecule has 3 amide bonds. The van der Waals surface area contributed by atoms with Crippen molar-refractivity contribution in [3.63, 3.8) is 0 Å². The third-order valence-corrected chi connectivity index (χ3v) is 5.75. The van der Waals surface area contributed by atoms with E-state index >= 15 is 0 Å². The summed E-state index contributed by atoms with van der Waals surface area (Å²) in [6.45, 7) is 3.12. The molecule has 8 nitrogen and oxygen atoms in total. The first-order valence-electron chi connectivity index (χ1n) is 10.9. The molecule has 0 radical (unpaired) electrons. The van der Waals surface area contributed by atoms with E-state index in [0.29, 0.717) is 44.0 Å². The normalized spacial score (nSPS) is 18.8. The van der Waals surface area contributed by atoms with Crippen LogP contribution in [0.2, 0.25) is 0 Å². The lowest BCUT2D eigenvalue weighted by atomic mass is 9.96. The van der Waals surface area contributed by atoms with Crippen LogP contribution in [0, 0.1) is 12.8 Å². The maximum atomic E-state index is 13.1. The zero-order valence-corrected chi connectivity index (χ0v) is 18.2. The van der Waals surface area contributed by atoms with Crippen LogP contribution >= 0.6 is 0 Å². The molecule has 1 aromatic heterocycles. The number of aryl methyl sites for hydroxylation is 1. The van der Waals surface area contributed by atoms with Gasteiger partial charge >= 0.3 is 0 Å². The second-order valence-corrected chi connectivity index (χ2v) is 8.23. The second kappa shape index (κ2) is 9.72. The van der Waals surface area contributed by atoms with Crippen LogP contribution < -0.4 is 5.32 Å². The SMILES string of the molecule is Cc1cccc(NC(=O)C2CCCN(C(=O)C3=NN(Cc4ccccc4)C(=O)CC3)C2)n1. The number of hydrogen-bond donors (Lipinski definition) is 1. The first-order chi connectivity index (χ1) is 15.5. The quantitative estimate of drug-likeness (QED) is 0.784. The Labute approximate surface area is 187 Å². The van der Waals surface area contributed by atoms with Crippen LogP contribution in [-0.4, -0.2) is 51.4 Å². The Morgan fingerprint density at radius 3 is 2.69 bits per heavy atom. The minimum Gasteiger partial charge on any atom is -0.337 e. The monoisotopic (exact) mass is 433 g/mol. The highest BCUT2D eigenvalue weighted by molar-refractivity contribution is 6.39. The predicted molar refractivity (Wildman–Crippen MR) is 121 cm³/mol. The number of hydrazone groups is 1. The summed E-state index contributed by atoms with van der Waals surface area (Å²) in [4.78, 5) is 44.2. The second-order valence-electron chi connectivity index (χ2n) is 8.23. The molecule has 1 saturated heterocycles. The molecule has 2 aromatic rings. The van der Waals surface area contributed by atoms with E-state index in [1.165, 1.54) is 5.01 Å². The fourth-order valence-electron chi connectivity index (χ4n) is 4.03. The van der Waals surface area contributed by atoms with E-state index in [0.717, 1.165) is 17.7 Å². The van der Waals surface area contributed by atoms with Crippen LogP contribution in [-0.2, 0) is 20.9 Å². The summed E-state index contributed by atoms with van der Waals surface area (Å²) in [5.74, 6) is -0.202. The Morgan fingerprint density at radius 2 is 1.91 bits per heavy atom. The van der Waals surface area contributed by atoms with Gasteiger partial charge in [0.15, 0.2) is 0 Å². The van der Waals surface area contributed by atoms with Gasteiger partial charge in [0, 0.05) is 31.6 Å². The molecule has 32 heavy (non-hydrogen) atoms. The summed E-state index contributed by atoms with van der Waals surface area (Å²) in [7, 11) is 0. The third kappa shape index (κ3) is 5.19. The van der Waals surface area contributed by atoms with Crippen molar-refractivity contribution in [3.8, 4) is 0 Å². The van der Waals surface area contributed by atoms with E-state index in [2.05, 4.69) is 15.4 Å². The summed E-state index contributed by atoms with van der Waals surface area (Å²) < 4.78 is 0. The number of pyridine rings is 1. The van der Waals surface area contributed by atoms with Crippen molar-refractivity contribution < 1.29 is 14.4 Å². The topological polar surface area (TPSA) is 95.0 Å². The van der Waals surface area contributed by atoms with E-state index in [1.54, 1.807) is 11.0 Å².